The number of nitrogens with one attached hydrogen (secondary N) is 1. The number of hydrogen-bond acceptors (Lipinski definition) is 6. The molecule has 8 nitrogen and oxygen atoms in total. The van der Waals surface area contributed by atoms with E-state index in [4.69, 9.17) is 9.47 Å². The van der Waals surface area contributed by atoms with E-state index >= 15 is 0 Å². The fourth-order valence-corrected chi connectivity index (χ4v) is 3.61. The van der Waals surface area contributed by atoms with Crippen molar-refractivity contribution < 1.29 is 28.6 Å². The van der Waals surface area contributed by atoms with Crippen LogP contribution in [-0.4, -0.2) is 57.1 Å². The molecule has 1 aromatic rings. The quantitative estimate of drug-likeness (QED) is 0.584. The minimum Gasteiger partial charge on any atom is -0.497 e. The number of benzene rings is 1. The van der Waals surface area contributed by atoms with Gasteiger partial charge in [0, 0.05) is 44.1 Å². The number of nitrogens with zero attached hydrogens (tertiary/aromatic N) is 1. The number of methoxy groups -OCH3 is 3. The molecular weight excluding hydrogens is 388 g/mol. The van der Waals surface area contributed by atoms with Crippen molar-refractivity contribution in [2.75, 3.05) is 34.4 Å². The summed E-state index contributed by atoms with van der Waals surface area (Å²) in [6.07, 6.45) is 3.33. The minimum absolute atomic E-state index is 0.0259. The van der Waals surface area contributed by atoms with Crippen LogP contribution in [0.1, 0.15) is 44.1 Å². The first kappa shape index (κ1) is 23.5. The smallest absolute Gasteiger partial charge is 0.306 e. The summed E-state index contributed by atoms with van der Waals surface area (Å²) >= 11 is 0. The first-order valence-electron chi connectivity index (χ1n) is 10.3. The molecular formula is C22H32N2O6. The van der Waals surface area contributed by atoms with Crippen LogP contribution in [0.25, 0.3) is 0 Å². The highest BCUT2D eigenvalue weighted by molar-refractivity contribution is 5.81. The zero-order valence-electron chi connectivity index (χ0n) is 18.1. The van der Waals surface area contributed by atoms with Gasteiger partial charge in [0.25, 0.3) is 0 Å². The molecule has 1 saturated heterocycles. The molecule has 166 valence electrons. The maximum Gasteiger partial charge on any atom is 0.306 e. The molecule has 0 aliphatic carbocycles. The predicted octanol–water partition coefficient (Wildman–Crippen LogP) is 2.29. The Labute approximate surface area is 177 Å². The van der Waals surface area contributed by atoms with E-state index in [2.05, 4.69) is 10.1 Å². The number of hydrogen-bond donors (Lipinski definition) is 1. The van der Waals surface area contributed by atoms with Crippen molar-refractivity contribution in [2.45, 2.75) is 45.1 Å². The first-order valence-corrected chi connectivity index (χ1v) is 10.3. The Kier molecular flexibility index (Phi) is 9.44. The molecule has 1 aliphatic heterocycles. The van der Waals surface area contributed by atoms with Crippen LogP contribution in [0, 0.1) is 5.92 Å². The number of piperidine rings is 1. The van der Waals surface area contributed by atoms with Crippen LogP contribution >= 0.6 is 0 Å². The third kappa shape index (κ3) is 7.24. The summed E-state index contributed by atoms with van der Waals surface area (Å²) in [5.74, 6) is 1.24. The molecule has 0 aromatic heterocycles. The third-order valence-corrected chi connectivity index (χ3v) is 5.39. The minimum atomic E-state index is -0.373. The Hall–Kier alpha value is -2.77. The molecule has 1 fully saturated rings. The molecule has 1 heterocycles. The number of likely N-dealkylation sites (tertiary alicyclic amines) is 1. The van der Waals surface area contributed by atoms with Crippen LogP contribution in [0.3, 0.4) is 0 Å². The van der Waals surface area contributed by atoms with Crippen molar-refractivity contribution in [1.82, 2.24) is 10.2 Å². The number of rotatable bonds is 10. The van der Waals surface area contributed by atoms with Gasteiger partial charge < -0.3 is 24.4 Å². The summed E-state index contributed by atoms with van der Waals surface area (Å²) in [7, 11) is 4.50. The van der Waals surface area contributed by atoms with Gasteiger partial charge in [-0.3, -0.25) is 14.4 Å². The number of carbonyl (C=O) groups excluding carboxylic acids is 3. The van der Waals surface area contributed by atoms with Crippen molar-refractivity contribution >= 4 is 17.8 Å². The van der Waals surface area contributed by atoms with Gasteiger partial charge in [0.1, 0.15) is 11.5 Å². The van der Waals surface area contributed by atoms with E-state index in [1.54, 1.807) is 25.2 Å². The highest BCUT2D eigenvalue weighted by atomic mass is 16.5. The molecule has 1 N–H and O–H groups in total. The molecule has 1 aliphatic rings. The van der Waals surface area contributed by atoms with Gasteiger partial charge >= 0.3 is 5.97 Å². The number of carbonyl (C=O) groups is 3. The van der Waals surface area contributed by atoms with E-state index in [-0.39, 0.29) is 30.6 Å². The van der Waals surface area contributed by atoms with Crippen molar-refractivity contribution in [1.29, 1.82) is 0 Å². The van der Waals surface area contributed by atoms with Crippen LogP contribution < -0.4 is 14.8 Å². The second-order valence-corrected chi connectivity index (χ2v) is 7.42. The summed E-state index contributed by atoms with van der Waals surface area (Å²) in [5.41, 5.74) is 0.881. The highest BCUT2D eigenvalue weighted by Crippen LogP contribution is 2.25. The average molecular weight is 421 g/mol. The molecule has 0 bridgehead atoms. The Morgan fingerprint density at radius 2 is 1.90 bits per heavy atom. The third-order valence-electron chi connectivity index (χ3n) is 5.39. The topological polar surface area (TPSA) is 94.2 Å². The molecule has 1 aromatic carbocycles. The maximum atomic E-state index is 12.3. The van der Waals surface area contributed by atoms with E-state index < -0.39 is 0 Å². The molecule has 1 atom stereocenters. The summed E-state index contributed by atoms with van der Waals surface area (Å²) in [6.45, 7) is 1.73. The lowest BCUT2D eigenvalue weighted by atomic mass is 9.93. The Morgan fingerprint density at radius 1 is 1.10 bits per heavy atom. The van der Waals surface area contributed by atoms with Crippen LogP contribution in [0.2, 0.25) is 0 Å². The van der Waals surface area contributed by atoms with E-state index in [9.17, 15) is 14.4 Å². The molecule has 1 unspecified atom stereocenters. The Balaban J connectivity index is 1.75. The number of ether oxygens (including phenoxy) is 3. The number of amides is 2. The summed E-state index contributed by atoms with van der Waals surface area (Å²) in [4.78, 5) is 37.6. The Bertz CT molecular complexity index is 736. The predicted molar refractivity (Wildman–Crippen MR) is 111 cm³/mol. The molecule has 0 radical (unpaired) electrons. The monoisotopic (exact) mass is 420 g/mol. The van der Waals surface area contributed by atoms with Crippen molar-refractivity contribution in [2.24, 2.45) is 5.92 Å². The van der Waals surface area contributed by atoms with E-state index in [0.29, 0.717) is 43.5 Å². The molecule has 8 heteroatoms. The van der Waals surface area contributed by atoms with Gasteiger partial charge in [-0.15, -0.1) is 0 Å². The van der Waals surface area contributed by atoms with Gasteiger partial charge in [-0.05, 0) is 37.3 Å². The van der Waals surface area contributed by atoms with E-state index in [0.717, 1.165) is 24.8 Å². The van der Waals surface area contributed by atoms with Crippen molar-refractivity contribution in [3.05, 3.63) is 23.8 Å². The lowest BCUT2D eigenvalue weighted by Crippen LogP contribution is -2.40. The maximum absolute atomic E-state index is 12.3. The normalized spacial score (nSPS) is 16.0. The summed E-state index contributed by atoms with van der Waals surface area (Å²) in [6, 6.07) is 5.49. The molecule has 0 spiro atoms. The second-order valence-electron chi connectivity index (χ2n) is 7.42. The molecule has 30 heavy (non-hydrogen) atoms. The molecule has 0 saturated carbocycles. The van der Waals surface area contributed by atoms with Crippen LogP contribution in [-0.2, 0) is 25.7 Å². The largest absolute Gasteiger partial charge is 0.497 e. The van der Waals surface area contributed by atoms with Crippen molar-refractivity contribution in [3.8, 4) is 11.5 Å². The van der Waals surface area contributed by atoms with Crippen LogP contribution in [0.5, 0.6) is 11.5 Å². The zero-order chi connectivity index (χ0) is 21.9. The van der Waals surface area contributed by atoms with Gasteiger partial charge in [0.2, 0.25) is 11.8 Å². The van der Waals surface area contributed by atoms with Gasteiger partial charge in [0.05, 0.1) is 27.8 Å². The summed E-state index contributed by atoms with van der Waals surface area (Å²) < 4.78 is 15.1. The van der Waals surface area contributed by atoms with Gasteiger partial charge in [-0.2, -0.15) is 0 Å². The second kappa shape index (κ2) is 12.0. The van der Waals surface area contributed by atoms with E-state index in [1.165, 1.54) is 7.11 Å². The fourth-order valence-electron chi connectivity index (χ4n) is 3.61. The van der Waals surface area contributed by atoms with E-state index in [1.807, 2.05) is 12.1 Å². The summed E-state index contributed by atoms with van der Waals surface area (Å²) in [5, 5.41) is 2.93. The van der Waals surface area contributed by atoms with Crippen LogP contribution in [0.15, 0.2) is 18.2 Å². The van der Waals surface area contributed by atoms with Crippen molar-refractivity contribution in [3.63, 3.8) is 0 Å². The standard InChI is InChI=1S/C22H32N2O6/c1-28-18-8-7-17(19(13-18)29-2)14-23-20(25)9-6-16-5-4-12-24(15-16)21(26)10-11-22(27)30-3/h7-8,13,16H,4-6,9-12,14-15H2,1-3H3,(H,23,25). The Morgan fingerprint density at radius 3 is 2.60 bits per heavy atom. The SMILES string of the molecule is COC(=O)CCC(=O)N1CCCC(CCC(=O)NCc2ccc(OC)cc2OC)C1. The average Bonchev–Trinajstić information content (AvgIpc) is 2.79. The lowest BCUT2D eigenvalue weighted by Gasteiger charge is -2.32. The zero-order valence-corrected chi connectivity index (χ0v) is 18.1. The first-order chi connectivity index (χ1) is 14.5. The van der Waals surface area contributed by atoms with Crippen LogP contribution in [0.4, 0.5) is 0 Å². The number of esters is 1. The fraction of sp³-hybridized carbons (Fsp3) is 0.591. The lowest BCUT2D eigenvalue weighted by molar-refractivity contribution is -0.144. The molecule has 2 amide bonds. The van der Waals surface area contributed by atoms with Gasteiger partial charge in [-0.1, -0.05) is 0 Å². The van der Waals surface area contributed by atoms with Gasteiger partial charge in [0.15, 0.2) is 0 Å². The van der Waals surface area contributed by atoms with Gasteiger partial charge in [-0.25, -0.2) is 0 Å². The molecule has 2 rings (SSSR count). The highest BCUT2D eigenvalue weighted by Gasteiger charge is 2.24.